The van der Waals surface area contributed by atoms with Crippen LogP contribution < -0.4 is 0 Å². The van der Waals surface area contributed by atoms with Gasteiger partial charge in [0.1, 0.15) is 0 Å². The Morgan fingerprint density at radius 1 is 1.00 bits per heavy atom. The summed E-state index contributed by atoms with van der Waals surface area (Å²) in [7, 11) is -3.03. The SMILES string of the molecule is Cc1ccc(CN2CC3C(OCc4ccccc4)CCS(=O)(=O)C3C2)cc1. The molecule has 3 atom stereocenters. The predicted molar refractivity (Wildman–Crippen MR) is 107 cm³/mol. The Balaban J connectivity index is 1.44. The Bertz CT molecular complexity index is 864. The molecule has 2 aliphatic rings. The number of ether oxygens (including phenoxy) is 1. The van der Waals surface area contributed by atoms with Crippen molar-refractivity contribution in [3.63, 3.8) is 0 Å². The molecule has 0 aromatic heterocycles. The van der Waals surface area contributed by atoms with Gasteiger partial charge in [-0.3, -0.25) is 4.90 Å². The molecule has 0 amide bonds. The summed E-state index contributed by atoms with van der Waals surface area (Å²) < 4.78 is 31.5. The van der Waals surface area contributed by atoms with Crippen LogP contribution in [0.4, 0.5) is 0 Å². The van der Waals surface area contributed by atoms with E-state index in [9.17, 15) is 8.42 Å². The van der Waals surface area contributed by atoms with Gasteiger partial charge in [0, 0.05) is 25.6 Å². The molecule has 2 saturated heterocycles. The number of sulfone groups is 1. The third kappa shape index (κ3) is 4.26. The van der Waals surface area contributed by atoms with Gasteiger partial charge in [-0.1, -0.05) is 60.2 Å². The summed E-state index contributed by atoms with van der Waals surface area (Å²) in [5, 5.41) is -0.294. The first kappa shape index (κ1) is 18.7. The number of hydrogen-bond donors (Lipinski definition) is 0. The molecule has 2 aliphatic heterocycles. The standard InChI is InChI=1S/C22H27NO3S/c1-17-7-9-18(10-8-17)13-23-14-20-21(11-12-27(24,25)22(20)15-23)26-16-19-5-3-2-4-6-19/h2-10,20-22H,11-16H2,1H3. The van der Waals surface area contributed by atoms with Gasteiger partial charge in [0.25, 0.3) is 0 Å². The van der Waals surface area contributed by atoms with Gasteiger partial charge in [0.05, 0.1) is 23.7 Å². The number of nitrogens with zero attached hydrogens (tertiary/aromatic N) is 1. The lowest BCUT2D eigenvalue weighted by Crippen LogP contribution is -2.44. The summed E-state index contributed by atoms with van der Waals surface area (Å²) in [5.74, 6) is 0.310. The number of hydrogen-bond acceptors (Lipinski definition) is 4. The Hall–Kier alpha value is -1.69. The molecular formula is C22H27NO3S. The highest BCUT2D eigenvalue weighted by Crippen LogP contribution is 2.35. The smallest absolute Gasteiger partial charge is 0.154 e. The van der Waals surface area contributed by atoms with E-state index in [2.05, 4.69) is 48.2 Å². The normalized spacial score (nSPS) is 27.4. The minimum absolute atomic E-state index is 0.0155. The van der Waals surface area contributed by atoms with Gasteiger partial charge in [-0.2, -0.15) is 0 Å². The Kier molecular flexibility index (Phi) is 5.35. The second-order valence-corrected chi connectivity index (χ2v) is 10.2. The summed E-state index contributed by atoms with van der Waals surface area (Å²) in [4.78, 5) is 2.28. The Labute approximate surface area is 162 Å². The van der Waals surface area contributed by atoms with Gasteiger partial charge >= 0.3 is 0 Å². The van der Waals surface area contributed by atoms with E-state index in [0.29, 0.717) is 19.6 Å². The molecule has 5 heteroatoms. The monoisotopic (exact) mass is 385 g/mol. The van der Waals surface area contributed by atoms with Crippen molar-refractivity contribution >= 4 is 9.84 Å². The zero-order chi connectivity index (χ0) is 18.9. The first-order chi connectivity index (χ1) is 13.0. The fourth-order valence-electron chi connectivity index (χ4n) is 4.33. The molecule has 2 aromatic rings. The lowest BCUT2D eigenvalue weighted by molar-refractivity contribution is -0.000962. The van der Waals surface area contributed by atoms with E-state index >= 15 is 0 Å². The van der Waals surface area contributed by atoms with Gasteiger partial charge in [-0.05, 0) is 24.5 Å². The third-order valence-corrected chi connectivity index (χ3v) is 8.07. The highest BCUT2D eigenvalue weighted by Gasteiger charge is 2.48. The maximum atomic E-state index is 12.6. The lowest BCUT2D eigenvalue weighted by atomic mass is 9.98. The Morgan fingerprint density at radius 3 is 2.48 bits per heavy atom. The number of likely N-dealkylation sites (tertiary alicyclic amines) is 1. The molecule has 144 valence electrons. The van der Waals surface area contributed by atoms with E-state index in [4.69, 9.17) is 4.74 Å². The molecule has 0 radical (unpaired) electrons. The van der Waals surface area contributed by atoms with E-state index < -0.39 is 9.84 Å². The average Bonchev–Trinajstić information content (AvgIpc) is 3.09. The molecule has 27 heavy (non-hydrogen) atoms. The maximum Gasteiger partial charge on any atom is 0.154 e. The van der Waals surface area contributed by atoms with E-state index in [0.717, 1.165) is 18.7 Å². The van der Waals surface area contributed by atoms with Crippen molar-refractivity contribution in [2.75, 3.05) is 18.8 Å². The molecule has 2 aromatic carbocycles. The van der Waals surface area contributed by atoms with Gasteiger partial charge < -0.3 is 4.74 Å². The quantitative estimate of drug-likeness (QED) is 0.793. The highest BCUT2D eigenvalue weighted by molar-refractivity contribution is 7.92. The van der Waals surface area contributed by atoms with E-state index in [1.54, 1.807) is 0 Å². The van der Waals surface area contributed by atoms with Crippen LogP contribution in [0.1, 0.15) is 23.1 Å². The lowest BCUT2D eigenvalue weighted by Gasteiger charge is -2.32. The second kappa shape index (κ2) is 7.74. The summed E-state index contributed by atoms with van der Waals surface area (Å²) in [6, 6.07) is 18.6. The van der Waals surface area contributed by atoms with Gasteiger partial charge in [0.2, 0.25) is 0 Å². The van der Waals surface area contributed by atoms with Gasteiger partial charge in [-0.15, -0.1) is 0 Å². The molecule has 0 N–H and O–H groups in total. The average molecular weight is 386 g/mol. The molecule has 2 fully saturated rings. The van der Waals surface area contributed by atoms with Crippen molar-refractivity contribution in [3.8, 4) is 0 Å². The fraction of sp³-hybridized carbons (Fsp3) is 0.455. The zero-order valence-electron chi connectivity index (χ0n) is 15.8. The zero-order valence-corrected chi connectivity index (χ0v) is 16.6. The molecule has 0 saturated carbocycles. The van der Waals surface area contributed by atoms with Crippen LogP contribution in [-0.4, -0.2) is 43.5 Å². The van der Waals surface area contributed by atoms with E-state index in [1.165, 1.54) is 11.1 Å². The first-order valence-electron chi connectivity index (χ1n) is 9.66. The molecule has 2 heterocycles. The van der Waals surface area contributed by atoms with Crippen molar-refractivity contribution in [2.45, 2.75) is 37.9 Å². The number of benzene rings is 2. The number of rotatable bonds is 5. The third-order valence-electron chi connectivity index (χ3n) is 5.84. The molecule has 0 aliphatic carbocycles. The van der Waals surface area contributed by atoms with Crippen LogP contribution >= 0.6 is 0 Å². The van der Waals surface area contributed by atoms with Crippen LogP contribution in [0.3, 0.4) is 0 Å². The number of aryl methyl sites for hydroxylation is 1. The fourth-order valence-corrected chi connectivity index (χ4v) is 6.42. The minimum atomic E-state index is -3.03. The molecular weight excluding hydrogens is 358 g/mol. The predicted octanol–water partition coefficient (Wildman–Crippen LogP) is 3.20. The van der Waals surface area contributed by atoms with Crippen LogP contribution in [-0.2, 0) is 27.7 Å². The van der Waals surface area contributed by atoms with Crippen LogP contribution in [0.5, 0.6) is 0 Å². The van der Waals surface area contributed by atoms with Crippen molar-refractivity contribution in [2.24, 2.45) is 5.92 Å². The highest BCUT2D eigenvalue weighted by atomic mass is 32.2. The number of fused-ring (bicyclic) bond motifs is 1. The second-order valence-electron chi connectivity index (χ2n) is 7.87. The van der Waals surface area contributed by atoms with Crippen LogP contribution in [0.2, 0.25) is 0 Å². The summed E-state index contributed by atoms with van der Waals surface area (Å²) in [5.41, 5.74) is 3.61. The van der Waals surface area contributed by atoms with Crippen molar-refractivity contribution in [1.29, 1.82) is 0 Å². The van der Waals surface area contributed by atoms with Crippen molar-refractivity contribution in [1.82, 2.24) is 4.90 Å². The largest absolute Gasteiger partial charge is 0.373 e. The van der Waals surface area contributed by atoms with Crippen LogP contribution in [0, 0.1) is 12.8 Å². The maximum absolute atomic E-state index is 12.6. The van der Waals surface area contributed by atoms with Gasteiger partial charge in [0.15, 0.2) is 9.84 Å². The first-order valence-corrected chi connectivity index (χ1v) is 11.4. The molecule has 3 unspecified atom stereocenters. The molecule has 0 bridgehead atoms. The molecule has 0 spiro atoms. The minimum Gasteiger partial charge on any atom is -0.373 e. The summed E-state index contributed by atoms with van der Waals surface area (Å²) in [6.07, 6.45) is 0.621. The Morgan fingerprint density at radius 2 is 1.74 bits per heavy atom. The van der Waals surface area contributed by atoms with Crippen LogP contribution in [0.15, 0.2) is 54.6 Å². The van der Waals surface area contributed by atoms with Crippen molar-refractivity contribution < 1.29 is 13.2 Å². The molecule has 4 rings (SSSR count). The van der Waals surface area contributed by atoms with Gasteiger partial charge in [-0.25, -0.2) is 8.42 Å². The molecule has 4 nitrogen and oxygen atoms in total. The summed E-state index contributed by atoms with van der Waals surface area (Å²) in [6.45, 7) is 4.83. The van der Waals surface area contributed by atoms with E-state index in [-0.39, 0.29) is 23.0 Å². The summed E-state index contributed by atoms with van der Waals surface area (Å²) >= 11 is 0. The van der Waals surface area contributed by atoms with E-state index in [1.807, 2.05) is 18.2 Å². The topological polar surface area (TPSA) is 46.6 Å². The van der Waals surface area contributed by atoms with Crippen molar-refractivity contribution in [3.05, 3.63) is 71.3 Å². The van der Waals surface area contributed by atoms with Crippen LogP contribution in [0.25, 0.3) is 0 Å².